The Morgan fingerprint density at radius 3 is 1.91 bits per heavy atom. The molecule has 1 fully saturated rings. The number of carbonyl (C=O) groups is 6. The number of aliphatic imine (C=N–C) groups is 1. The van der Waals surface area contributed by atoms with Crippen LogP contribution in [0.3, 0.4) is 0 Å². The first-order valence-electron chi connectivity index (χ1n) is 15.4. The third-order valence-electron chi connectivity index (χ3n) is 7.14. The number of guanidine groups is 1. The molecule has 5 atom stereocenters. The van der Waals surface area contributed by atoms with E-state index < -0.39 is 66.3 Å². The van der Waals surface area contributed by atoms with E-state index in [0.29, 0.717) is 32.4 Å². The zero-order valence-corrected chi connectivity index (χ0v) is 26.2. The highest BCUT2D eigenvalue weighted by Crippen LogP contribution is 2.11. The van der Waals surface area contributed by atoms with Crippen molar-refractivity contribution in [2.75, 3.05) is 19.6 Å². The summed E-state index contributed by atoms with van der Waals surface area (Å²) in [5.41, 5.74) is 16.2. The number of hydrogen-bond donors (Lipinski definition) is 10. The van der Waals surface area contributed by atoms with Gasteiger partial charge in [-0.3, -0.25) is 29.0 Å². The number of unbranched alkanes of at least 4 members (excludes halogenated alkanes) is 1. The minimum absolute atomic E-state index is 0.0165. The van der Waals surface area contributed by atoms with Gasteiger partial charge in [-0.15, -0.1) is 0 Å². The summed E-state index contributed by atoms with van der Waals surface area (Å²) in [6.45, 7) is 4.92. The van der Waals surface area contributed by atoms with Crippen LogP contribution in [-0.4, -0.2) is 102 Å². The summed E-state index contributed by atoms with van der Waals surface area (Å²) in [5, 5.41) is 32.1. The number of carboxylic acid groups (broad SMARTS) is 2. The highest BCUT2D eigenvalue weighted by atomic mass is 16.4. The normalized spacial score (nSPS) is 16.9. The fourth-order valence-corrected chi connectivity index (χ4v) is 4.76. The summed E-state index contributed by atoms with van der Waals surface area (Å²) < 4.78 is 0. The van der Waals surface area contributed by atoms with Gasteiger partial charge < -0.3 is 54.0 Å². The van der Waals surface area contributed by atoms with Gasteiger partial charge in [-0.2, -0.15) is 0 Å². The average molecular weight is 642 g/mol. The van der Waals surface area contributed by atoms with Crippen LogP contribution in [0.15, 0.2) is 4.99 Å². The van der Waals surface area contributed by atoms with Gasteiger partial charge in [0.15, 0.2) is 5.96 Å². The molecule has 13 N–H and O–H groups in total. The molecule has 0 saturated carbocycles. The topological polar surface area (TPSA) is 293 Å². The molecule has 1 aliphatic rings. The van der Waals surface area contributed by atoms with Gasteiger partial charge >= 0.3 is 11.9 Å². The van der Waals surface area contributed by atoms with Crippen LogP contribution < -0.4 is 43.8 Å². The van der Waals surface area contributed by atoms with Crippen molar-refractivity contribution in [2.24, 2.45) is 28.1 Å². The SMILES string of the molecule is CC(C)C[C@H](NC(=O)[C@@H]1CCCN1)C(=O)N[C@@H](CCCN=C(N)N)C(=O)N[C@@H](CCC(=O)O)C(=O)N[C@@H](CCCCN)C(=O)O. The van der Waals surface area contributed by atoms with Crippen molar-refractivity contribution in [1.29, 1.82) is 0 Å². The summed E-state index contributed by atoms with van der Waals surface area (Å²) in [6, 6.07) is -5.30. The van der Waals surface area contributed by atoms with Crippen LogP contribution in [0.2, 0.25) is 0 Å². The van der Waals surface area contributed by atoms with Gasteiger partial charge in [0.1, 0.15) is 24.2 Å². The maximum atomic E-state index is 13.5. The van der Waals surface area contributed by atoms with Crippen LogP contribution in [-0.2, 0) is 28.8 Å². The van der Waals surface area contributed by atoms with E-state index in [1.54, 1.807) is 0 Å². The lowest BCUT2D eigenvalue weighted by atomic mass is 10.0. The third-order valence-corrected chi connectivity index (χ3v) is 7.14. The Morgan fingerprint density at radius 1 is 0.822 bits per heavy atom. The molecule has 0 spiro atoms. The van der Waals surface area contributed by atoms with Crippen LogP contribution in [0, 0.1) is 5.92 Å². The van der Waals surface area contributed by atoms with E-state index in [0.717, 1.165) is 6.42 Å². The molecule has 0 radical (unpaired) electrons. The molecular weight excluding hydrogens is 590 g/mol. The molecule has 0 aromatic rings. The van der Waals surface area contributed by atoms with Crippen LogP contribution in [0.25, 0.3) is 0 Å². The molecule has 45 heavy (non-hydrogen) atoms. The zero-order chi connectivity index (χ0) is 33.9. The second kappa shape index (κ2) is 20.9. The summed E-state index contributed by atoms with van der Waals surface area (Å²) >= 11 is 0. The largest absolute Gasteiger partial charge is 0.481 e. The number of carboxylic acids is 2. The van der Waals surface area contributed by atoms with Gasteiger partial charge in [0.2, 0.25) is 23.6 Å². The number of amides is 4. The fourth-order valence-electron chi connectivity index (χ4n) is 4.76. The van der Waals surface area contributed by atoms with Gasteiger partial charge in [-0.1, -0.05) is 13.8 Å². The maximum Gasteiger partial charge on any atom is 0.326 e. The third kappa shape index (κ3) is 16.1. The number of nitrogens with zero attached hydrogens (tertiary/aromatic N) is 1. The molecule has 1 rings (SSSR count). The molecule has 17 nitrogen and oxygen atoms in total. The molecular formula is C28H51N9O8. The first-order valence-corrected chi connectivity index (χ1v) is 15.4. The monoisotopic (exact) mass is 641 g/mol. The average Bonchev–Trinajstić information content (AvgIpc) is 3.50. The van der Waals surface area contributed by atoms with Crippen LogP contribution in [0.5, 0.6) is 0 Å². The molecule has 1 heterocycles. The number of nitrogens with two attached hydrogens (primary N) is 3. The smallest absolute Gasteiger partial charge is 0.326 e. The maximum absolute atomic E-state index is 13.5. The Labute approximate surface area is 263 Å². The molecule has 17 heteroatoms. The van der Waals surface area contributed by atoms with E-state index in [1.807, 2.05) is 13.8 Å². The van der Waals surface area contributed by atoms with Crippen LogP contribution >= 0.6 is 0 Å². The summed E-state index contributed by atoms with van der Waals surface area (Å²) in [4.78, 5) is 79.7. The highest BCUT2D eigenvalue weighted by molar-refractivity contribution is 5.95. The molecule has 1 aliphatic heterocycles. The van der Waals surface area contributed by atoms with E-state index in [9.17, 15) is 39.0 Å². The van der Waals surface area contributed by atoms with Crippen molar-refractivity contribution in [1.82, 2.24) is 26.6 Å². The number of aliphatic carboxylic acids is 2. The zero-order valence-electron chi connectivity index (χ0n) is 26.2. The fraction of sp³-hybridized carbons (Fsp3) is 0.750. The second-order valence-electron chi connectivity index (χ2n) is 11.5. The first-order chi connectivity index (χ1) is 21.2. The first kappa shape index (κ1) is 39.0. The lowest BCUT2D eigenvalue weighted by Crippen LogP contribution is -2.58. The van der Waals surface area contributed by atoms with Crippen molar-refractivity contribution >= 4 is 41.5 Å². The number of rotatable bonds is 22. The quantitative estimate of drug-likeness (QED) is 0.0344. The lowest BCUT2D eigenvalue weighted by molar-refractivity contribution is -0.143. The molecule has 256 valence electrons. The molecule has 0 aliphatic carbocycles. The Morgan fingerprint density at radius 2 is 1.40 bits per heavy atom. The van der Waals surface area contributed by atoms with Crippen LogP contribution in [0.4, 0.5) is 0 Å². The van der Waals surface area contributed by atoms with Gasteiger partial charge in [0.05, 0.1) is 6.04 Å². The van der Waals surface area contributed by atoms with Crippen molar-refractivity contribution in [3.8, 4) is 0 Å². The van der Waals surface area contributed by atoms with Crippen molar-refractivity contribution in [3.63, 3.8) is 0 Å². The Hall–Kier alpha value is -3.99. The number of nitrogens with one attached hydrogen (secondary N) is 5. The van der Waals surface area contributed by atoms with E-state index in [4.69, 9.17) is 17.2 Å². The minimum Gasteiger partial charge on any atom is -0.481 e. The molecule has 0 aromatic carbocycles. The molecule has 0 bridgehead atoms. The van der Waals surface area contributed by atoms with Crippen molar-refractivity contribution < 1.29 is 39.0 Å². The second-order valence-corrected chi connectivity index (χ2v) is 11.5. The standard InChI is InChI=1S/C28H51N9O8/c1-16(2)15-21(37-23(40)17-8-5-13-32-17)26(43)34-18(9-6-14-33-28(30)31)24(41)35-19(10-11-22(38)39)25(42)36-20(27(44)45)7-3-4-12-29/h16-21,32H,3-15,29H2,1-2H3,(H,34,43)(H,35,41)(H,36,42)(H,37,40)(H,38,39)(H,44,45)(H4,30,31,33)/t17-,18-,19-,20-,21-/m0/s1. The molecule has 4 amide bonds. The van der Waals surface area contributed by atoms with Gasteiger partial charge in [0, 0.05) is 13.0 Å². The molecule has 0 unspecified atom stereocenters. The number of carbonyl (C=O) groups excluding carboxylic acids is 4. The van der Waals surface area contributed by atoms with E-state index >= 15 is 0 Å². The van der Waals surface area contributed by atoms with Crippen molar-refractivity contribution in [2.45, 2.75) is 108 Å². The Bertz CT molecular complexity index is 1030. The van der Waals surface area contributed by atoms with E-state index in [-0.39, 0.29) is 56.4 Å². The number of hydrogen-bond acceptors (Lipinski definition) is 9. The molecule has 0 aromatic heterocycles. The van der Waals surface area contributed by atoms with Crippen LogP contribution in [0.1, 0.15) is 78.1 Å². The predicted molar refractivity (Wildman–Crippen MR) is 166 cm³/mol. The van der Waals surface area contributed by atoms with Gasteiger partial charge in [0.25, 0.3) is 0 Å². The summed E-state index contributed by atoms with van der Waals surface area (Å²) in [6.07, 6.45) is 2.24. The van der Waals surface area contributed by atoms with Gasteiger partial charge in [-0.25, -0.2) is 4.79 Å². The molecule has 1 saturated heterocycles. The summed E-state index contributed by atoms with van der Waals surface area (Å²) in [5.74, 6) is -5.30. The lowest BCUT2D eigenvalue weighted by Gasteiger charge is -2.27. The summed E-state index contributed by atoms with van der Waals surface area (Å²) in [7, 11) is 0. The van der Waals surface area contributed by atoms with Gasteiger partial charge in [-0.05, 0) is 76.8 Å². The minimum atomic E-state index is -1.42. The Kier molecular flexibility index (Phi) is 18.1. The van der Waals surface area contributed by atoms with E-state index in [1.165, 1.54) is 0 Å². The highest BCUT2D eigenvalue weighted by Gasteiger charge is 2.33. The van der Waals surface area contributed by atoms with Crippen molar-refractivity contribution in [3.05, 3.63) is 0 Å². The Balaban J connectivity index is 3.16. The predicted octanol–water partition coefficient (Wildman–Crippen LogP) is -2.14. The van der Waals surface area contributed by atoms with E-state index in [2.05, 4.69) is 31.6 Å².